The van der Waals surface area contributed by atoms with Gasteiger partial charge in [-0.1, -0.05) is 53.1 Å². The van der Waals surface area contributed by atoms with Gasteiger partial charge in [0.15, 0.2) is 11.4 Å². The van der Waals surface area contributed by atoms with E-state index in [4.69, 9.17) is 9.47 Å². The predicted octanol–water partition coefficient (Wildman–Crippen LogP) is 6.04. The van der Waals surface area contributed by atoms with Crippen molar-refractivity contribution in [3.63, 3.8) is 0 Å². The molecule has 2 aromatic heterocycles. The summed E-state index contributed by atoms with van der Waals surface area (Å²) in [5.41, 5.74) is 5.25. The first-order chi connectivity index (χ1) is 20.4. The van der Waals surface area contributed by atoms with Crippen molar-refractivity contribution in [2.45, 2.75) is 117 Å². The molecule has 44 heavy (non-hydrogen) atoms. The highest BCUT2D eigenvalue weighted by Gasteiger charge is 2.55. The third-order valence-corrected chi connectivity index (χ3v) is 13.7. The molecule has 6 rings (SSSR count). The van der Waals surface area contributed by atoms with E-state index in [9.17, 15) is 19.8 Å². The highest BCUT2D eigenvalue weighted by Crippen LogP contribution is 2.60. The van der Waals surface area contributed by atoms with Crippen molar-refractivity contribution >= 4 is 28.1 Å². The molecule has 2 heterocycles. The van der Waals surface area contributed by atoms with Gasteiger partial charge < -0.3 is 19.7 Å². The van der Waals surface area contributed by atoms with Crippen molar-refractivity contribution in [2.24, 2.45) is 22.7 Å². The Morgan fingerprint density at radius 1 is 0.750 bits per heavy atom. The second kappa shape index (κ2) is 11.8. The van der Waals surface area contributed by atoms with Crippen molar-refractivity contribution in [3.05, 3.63) is 33.9 Å². The second-order valence-corrected chi connectivity index (χ2v) is 28.0. The number of ether oxygens (including phenoxy) is 2. The maximum Gasteiger partial charge on any atom is 0.356 e. The summed E-state index contributed by atoms with van der Waals surface area (Å²) < 4.78 is 15.1. The van der Waals surface area contributed by atoms with Crippen molar-refractivity contribution in [2.75, 3.05) is 13.2 Å². The first-order valence-corrected chi connectivity index (χ1v) is 23.6. The summed E-state index contributed by atoms with van der Waals surface area (Å²) in [7, 11) is -2.20. The standard InChI is InChI=1S/2C16H26N2O3Si/c2*1-16-8-11(16)7-12-13(9-16)18(17-14(12)15(19)20)10-21-5-6-22(2,3)4/h2*11H,5-10H2,1-4H3,(H,19,20). The number of hydrogen-bond acceptors (Lipinski definition) is 6. The van der Waals surface area contributed by atoms with Crippen LogP contribution in [0.15, 0.2) is 0 Å². The van der Waals surface area contributed by atoms with E-state index in [0.29, 0.717) is 36.1 Å². The third kappa shape index (κ3) is 7.40. The fourth-order valence-corrected chi connectivity index (χ4v) is 8.36. The fraction of sp³-hybridized carbons (Fsp3) is 0.750. The molecule has 4 unspecified atom stereocenters. The van der Waals surface area contributed by atoms with Crippen molar-refractivity contribution in [1.82, 2.24) is 19.6 Å². The van der Waals surface area contributed by atoms with Crippen LogP contribution in [0.25, 0.3) is 0 Å². The Morgan fingerprint density at radius 2 is 1.11 bits per heavy atom. The van der Waals surface area contributed by atoms with E-state index in [2.05, 4.69) is 63.3 Å². The number of carboxylic acid groups (broad SMARTS) is 2. The topological polar surface area (TPSA) is 129 Å². The molecular formula is C32H52N4O6Si2. The maximum absolute atomic E-state index is 11.4. The summed E-state index contributed by atoms with van der Waals surface area (Å²) in [6.45, 7) is 20.7. The number of rotatable bonds is 12. The van der Waals surface area contributed by atoms with Crippen molar-refractivity contribution in [3.8, 4) is 0 Å². The van der Waals surface area contributed by atoms with E-state index in [0.717, 1.165) is 73.5 Å². The average Bonchev–Trinajstić information content (AvgIpc) is 3.66. The van der Waals surface area contributed by atoms with E-state index in [1.54, 1.807) is 9.36 Å². The van der Waals surface area contributed by atoms with Gasteiger partial charge >= 0.3 is 11.9 Å². The zero-order chi connectivity index (χ0) is 32.2. The van der Waals surface area contributed by atoms with Crippen LogP contribution in [0.3, 0.4) is 0 Å². The molecule has 0 radical (unpaired) electrons. The molecule has 10 nitrogen and oxygen atoms in total. The quantitative estimate of drug-likeness (QED) is 0.212. The molecule has 0 bridgehead atoms. The molecule has 0 saturated heterocycles. The fourth-order valence-electron chi connectivity index (χ4n) is 6.84. The summed E-state index contributed by atoms with van der Waals surface area (Å²) in [4.78, 5) is 22.9. The zero-order valence-corrected chi connectivity index (χ0v) is 30.0. The minimum Gasteiger partial charge on any atom is -0.476 e. The van der Waals surface area contributed by atoms with Crippen LogP contribution in [0.2, 0.25) is 51.4 Å². The van der Waals surface area contributed by atoms with E-state index in [1.807, 2.05) is 0 Å². The number of nitrogens with zero attached hydrogens (tertiary/aromatic N) is 4. The van der Waals surface area contributed by atoms with E-state index >= 15 is 0 Å². The van der Waals surface area contributed by atoms with Gasteiger partial charge in [-0.05, 0) is 73.3 Å². The number of aromatic nitrogens is 4. The molecule has 0 aliphatic heterocycles. The lowest BCUT2D eigenvalue weighted by Crippen LogP contribution is -2.23. The normalized spacial score (nSPS) is 26.5. The van der Waals surface area contributed by atoms with Gasteiger partial charge in [0.1, 0.15) is 13.5 Å². The van der Waals surface area contributed by atoms with Gasteiger partial charge in [-0.25, -0.2) is 19.0 Å². The SMILES string of the molecule is CC12Cc3c(c(C(=O)O)nn3COCC[Si](C)(C)C)CC1C2.CC12Cc3c(c(C(=O)O)nn3COCC[Si](C)(C)C)CC1C2. The Morgan fingerprint density at radius 3 is 1.43 bits per heavy atom. The van der Waals surface area contributed by atoms with E-state index < -0.39 is 28.1 Å². The Bertz CT molecular complexity index is 1320. The largest absolute Gasteiger partial charge is 0.476 e. The molecule has 0 spiro atoms. The van der Waals surface area contributed by atoms with Crippen LogP contribution < -0.4 is 0 Å². The summed E-state index contributed by atoms with van der Waals surface area (Å²) >= 11 is 0. The lowest BCUT2D eigenvalue weighted by Gasteiger charge is -2.20. The molecule has 2 N–H and O–H groups in total. The summed E-state index contributed by atoms with van der Waals surface area (Å²) in [5, 5.41) is 27.4. The lowest BCUT2D eigenvalue weighted by molar-refractivity contribution is 0.0656. The van der Waals surface area contributed by atoms with Crippen LogP contribution in [-0.2, 0) is 48.6 Å². The molecule has 244 valence electrons. The van der Waals surface area contributed by atoms with Crippen LogP contribution in [0, 0.1) is 22.7 Å². The van der Waals surface area contributed by atoms with Gasteiger partial charge in [0.25, 0.3) is 0 Å². The molecule has 4 aliphatic rings. The van der Waals surface area contributed by atoms with Gasteiger partial charge in [-0.3, -0.25) is 0 Å². The molecular weight excluding hydrogens is 593 g/mol. The lowest BCUT2D eigenvalue weighted by atomic mass is 9.87. The molecule has 4 aliphatic carbocycles. The summed E-state index contributed by atoms with van der Waals surface area (Å²) in [6, 6.07) is 2.23. The van der Waals surface area contributed by atoms with E-state index in [-0.39, 0.29) is 11.4 Å². The molecule has 4 atom stereocenters. The molecule has 0 amide bonds. The van der Waals surface area contributed by atoms with Gasteiger partial charge in [0.05, 0.1) is 0 Å². The summed E-state index contributed by atoms with van der Waals surface area (Å²) in [5.74, 6) is -0.546. The second-order valence-electron chi connectivity index (χ2n) is 16.7. The zero-order valence-electron chi connectivity index (χ0n) is 28.0. The van der Waals surface area contributed by atoms with Crippen molar-refractivity contribution < 1.29 is 29.3 Å². The molecule has 0 aromatic carbocycles. The monoisotopic (exact) mass is 644 g/mol. The summed E-state index contributed by atoms with van der Waals surface area (Å²) in [6.07, 6.45) is 6.01. The Labute approximate surface area is 263 Å². The number of aromatic carboxylic acids is 2. The highest BCUT2D eigenvalue weighted by atomic mass is 28.3. The molecule has 2 aromatic rings. The number of carboxylic acids is 2. The van der Waals surface area contributed by atoms with Gasteiger partial charge in [-0.15, -0.1) is 0 Å². The average molecular weight is 645 g/mol. The minimum absolute atomic E-state index is 0.234. The van der Waals surface area contributed by atoms with Gasteiger partial charge in [0, 0.05) is 51.9 Å². The first kappa shape index (κ1) is 33.1. The number of hydrogen-bond donors (Lipinski definition) is 2. The Hall–Kier alpha value is -2.29. The van der Waals surface area contributed by atoms with Crippen LogP contribution in [0.1, 0.15) is 70.2 Å². The van der Waals surface area contributed by atoms with Crippen molar-refractivity contribution in [1.29, 1.82) is 0 Å². The smallest absolute Gasteiger partial charge is 0.356 e. The van der Waals surface area contributed by atoms with Crippen LogP contribution in [-0.4, -0.2) is 71.1 Å². The number of carbonyl (C=O) groups is 2. The Balaban J connectivity index is 0.000000175. The van der Waals surface area contributed by atoms with Crippen LogP contribution in [0.4, 0.5) is 0 Å². The molecule has 12 heteroatoms. The Kier molecular flexibility index (Phi) is 8.89. The van der Waals surface area contributed by atoms with Crippen LogP contribution >= 0.6 is 0 Å². The van der Waals surface area contributed by atoms with Gasteiger partial charge in [0.2, 0.25) is 0 Å². The highest BCUT2D eigenvalue weighted by molar-refractivity contribution is 6.76. The maximum atomic E-state index is 11.4. The minimum atomic E-state index is -1.10. The number of fused-ring (bicyclic) bond motifs is 4. The predicted molar refractivity (Wildman–Crippen MR) is 174 cm³/mol. The third-order valence-electron chi connectivity index (χ3n) is 10.3. The molecule has 2 fully saturated rings. The van der Waals surface area contributed by atoms with Crippen LogP contribution in [0.5, 0.6) is 0 Å². The molecule has 2 saturated carbocycles. The van der Waals surface area contributed by atoms with E-state index in [1.165, 1.54) is 12.8 Å². The van der Waals surface area contributed by atoms with Gasteiger partial charge in [-0.2, -0.15) is 10.2 Å². The first-order valence-electron chi connectivity index (χ1n) is 16.2.